The maximum absolute atomic E-state index is 12.9. The topological polar surface area (TPSA) is 132 Å². The van der Waals surface area contributed by atoms with E-state index in [1.807, 2.05) is 44.4 Å². The molecule has 2 aromatic heterocycles. The van der Waals surface area contributed by atoms with Gasteiger partial charge in [-0.2, -0.15) is 0 Å². The maximum atomic E-state index is 12.9. The Balaban J connectivity index is 1.76. The van der Waals surface area contributed by atoms with E-state index in [0.29, 0.717) is 33.5 Å². The molecule has 1 atom stereocenters. The summed E-state index contributed by atoms with van der Waals surface area (Å²) in [5, 5.41) is 15.3. The molecular weight excluding hydrogens is 550 g/mol. The summed E-state index contributed by atoms with van der Waals surface area (Å²) in [6.07, 6.45) is 0. The van der Waals surface area contributed by atoms with Crippen LogP contribution in [0.1, 0.15) is 88.0 Å². The van der Waals surface area contributed by atoms with Crippen LogP contribution in [0.15, 0.2) is 29.4 Å². The lowest BCUT2D eigenvalue weighted by atomic mass is 10.0. The predicted octanol–water partition coefficient (Wildman–Crippen LogP) is 5.21. The highest BCUT2D eigenvalue weighted by Gasteiger charge is 2.28. The Morgan fingerprint density at radius 1 is 1.07 bits per heavy atom. The summed E-state index contributed by atoms with van der Waals surface area (Å²) in [5.74, 6) is -0.724. The van der Waals surface area contributed by atoms with E-state index in [2.05, 4.69) is 20.8 Å². The van der Waals surface area contributed by atoms with Gasteiger partial charge in [0, 0.05) is 12.1 Å². The Hall–Kier alpha value is -3.51. The zero-order valence-corrected chi connectivity index (χ0v) is 25.4. The Bertz CT molecular complexity index is 1390. The number of esters is 1. The Kier molecular flexibility index (Phi) is 10.6. The van der Waals surface area contributed by atoms with Crippen molar-refractivity contribution in [1.29, 1.82) is 0 Å². The second kappa shape index (κ2) is 13.7. The summed E-state index contributed by atoms with van der Waals surface area (Å²) in [4.78, 5) is 50.8. The van der Waals surface area contributed by atoms with E-state index < -0.39 is 12.0 Å². The van der Waals surface area contributed by atoms with Crippen molar-refractivity contribution in [1.82, 2.24) is 20.1 Å². The van der Waals surface area contributed by atoms with Crippen molar-refractivity contribution in [3.8, 4) is 0 Å². The van der Waals surface area contributed by atoms with E-state index >= 15 is 0 Å². The van der Waals surface area contributed by atoms with Crippen LogP contribution in [0.5, 0.6) is 0 Å². The number of carbonyl (C=O) groups is 4. The van der Waals surface area contributed by atoms with Crippen molar-refractivity contribution in [3.05, 3.63) is 57.2 Å². The monoisotopic (exact) mass is 585 g/mol. The zero-order valence-electron chi connectivity index (χ0n) is 23.8. The highest BCUT2D eigenvalue weighted by atomic mass is 32.2. The fraction of sp³-hybridized carbons (Fsp3) is 0.429. The molecule has 10 nitrogen and oxygen atoms in total. The van der Waals surface area contributed by atoms with Gasteiger partial charge in [-0.05, 0) is 58.2 Å². The number of ketones is 1. The summed E-state index contributed by atoms with van der Waals surface area (Å²) in [7, 11) is 0. The molecule has 0 aliphatic heterocycles. The summed E-state index contributed by atoms with van der Waals surface area (Å²) < 4.78 is 7.02. The minimum atomic E-state index is -0.588. The number of aromatic nitrogens is 3. The van der Waals surface area contributed by atoms with E-state index in [1.54, 1.807) is 26.0 Å². The minimum absolute atomic E-state index is 0.00514. The molecule has 0 aliphatic carbocycles. The van der Waals surface area contributed by atoms with Crippen molar-refractivity contribution < 1.29 is 23.9 Å². The van der Waals surface area contributed by atoms with Crippen LogP contribution in [-0.4, -0.2) is 50.7 Å². The van der Waals surface area contributed by atoms with E-state index in [-0.39, 0.29) is 46.4 Å². The van der Waals surface area contributed by atoms with Crippen molar-refractivity contribution in [2.75, 3.05) is 17.7 Å². The minimum Gasteiger partial charge on any atom is -0.462 e. The number of ether oxygens (including phenoxy) is 1. The molecule has 0 unspecified atom stereocenters. The molecule has 0 aliphatic rings. The first-order valence-corrected chi connectivity index (χ1v) is 14.8. The van der Waals surface area contributed by atoms with Gasteiger partial charge in [-0.3, -0.25) is 14.4 Å². The van der Waals surface area contributed by atoms with Crippen molar-refractivity contribution in [2.24, 2.45) is 5.92 Å². The first-order chi connectivity index (χ1) is 19.0. The average molecular weight is 586 g/mol. The van der Waals surface area contributed by atoms with Crippen molar-refractivity contribution in [2.45, 2.75) is 66.2 Å². The number of benzene rings is 1. The van der Waals surface area contributed by atoms with Gasteiger partial charge in [0.2, 0.25) is 5.91 Å². The SMILES string of the molecule is CCOC(=O)c1c(NC(=O)CSc2nnc([C@@H](NC(=O)c3ccc(C)cc3)C(C)C)n2CC)sc(C(C)=O)c1C. The van der Waals surface area contributed by atoms with Crippen LogP contribution in [0.2, 0.25) is 0 Å². The fourth-order valence-corrected chi connectivity index (χ4v) is 5.99. The van der Waals surface area contributed by atoms with E-state index in [1.165, 1.54) is 18.7 Å². The Morgan fingerprint density at radius 3 is 2.33 bits per heavy atom. The van der Waals surface area contributed by atoms with E-state index in [9.17, 15) is 19.2 Å². The molecule has 214 valence electrons. The van der Waals surface area contributed by atoms with Crippen LogP contribution < -0.4 is 10.6 Å². The van der Waals surface area contributed by atoms with Gasteiger partial charge in [-0.1, -0.05) is 43.3 Å². The standard InChI is InChI=1S/C28H35N5O5S2/c1-8-33-24(22(15(3)4)30-25(36)19-12-10-16(5)11-13-19)31-32-28(33)39-14-20(35)29-26-21(27(37)38-9-2)17(6)23(40-26)18(7)34/h10-13,15,22H,8-9,14H2,1-7H3,(H,29,35)(H,30,36)/t22-/m0/s1. The van der Waals surface area contributed by atoms with Crippen LogP contribution in [0.3, 0.4) is 0 Å². The Morgan fingerprint density at radius 2 is 1.75 bits per heavy atom. The van der Waals surface area contributed by atoms with Crippen molar-refractivity contribution in [3.63, 3.8) is 0 Å². The number of hydrogen-bond donors (Lipinski definition) is 2. The van der Waals surface area contributed by atoms with Gasteiger partial charge in [0.05, 0.1) is 28.8 Å². The second-order valence-corrected chi connectivity index (χ2v) is 11.5. The normalized spacial score (nSPS) is 11.8. The van der Waals surface area contributed by atoms with Gasteiger partial charge in [0.1, 0.15) is 5.00 Å². The lowest BCUT2D eigenvalue weighted by molar-refractivity contribution is -0.113. The van der Waals surface area contributed by atoms with Crippen LogP contribution in [0.4, 0.5) is 5.00 Å². The number of carbonyl (C=O) groups excluding carboxylic acids is 4. The van der Waals surface area contributed by atoms with Gasteiger partial charge in [-0.25, -0.2) is 4.79 Å². The molecule has 12 heteroatoms. The van der Waals surface area contributed by atoms with Gasteiger partial charge in [0.25, 0.3) is 5.91 Å². The molecule has 0 radical (unpaired) electrons. The maximum Gasteiger partial charge on any atom is 0.341 e. The number of anilines is 1. The number of amides is 2. The molecule has 0 saturated carbocycles. The van der Waals surface area contributed by atoms with Gasteiger partial charge in [0.15, 0.2) is 16.8 Å². The molecule has 0 bridgehead atoms. The number of thiophene rings is 1. The molecule has 0 saturated heterocycles. The highest BCUT2D eigenvalue weighted by molar-refractivity contribution is 7.99. The summed E-state index contributed by atoms with van der Waals surface area (Å²) in [5.41, 5.74) is 2.31. The molecule has 40 heavy (non-hydrogen) atoms. The van der Waals surface area contributed by atoms with Gasteiger partial charge >= 0.3 is 5.97 Å². The third-order valence-corrected chi connectivity index (χ3v) is 8.41. The zero-order chi connectivity index (χ0) is 29.6. The third-order valence-electron chi connectivity index (χ3n) is 6.14. The summed E-state index contributed by atoms with van der Waals surface area (Å²) in [6.45, 7) is 13.4. The molecule has 0 spiro atoms. The summed E-state index contributed by atoms with van der Waals surface area (Å²) >= 11 is 2.25. The van der Waals surface area contributed by atoms with Crippen LogP contribution in [0, 0.1) is 19.8 Å². The summed E-state index contributed by atoms with van der Waals surface area (Å²) in [6, 6.07) is 6.96. The van der Waals surface area contributed by atoms with E-state index in [0.717, 1.165) is 16.9 Å². The number of thioether (sulfide) groups is 1. The Labute approximate surface area is 242 Å². The highest BCUT2D eigenvalue weighted by Crippen LogP contribution is 2.34. The third kappa shape index (κ3) is 7.16. The van der Waals surface area contributed by atoms with Gasteiger partial charge < -0.3 is 19.9 Å². The lowest BCUT2D eigenvalue weighted by Crippen LogP contribution is -2.33. The number of aryl methyl sites for hydroxylation is 1. The fourth-order valence-electron chi connectivity index (χ4n) is 4.07. The average Bonchev–Trinajstić information content (AvgIpc) is 3.46. The van der Waals surface area contributed by atoms with Crippen molar-refractivity contribution >= 4 is 51.7 Å². The first-order valence-electron chi connectivity index (χ1n) is 13.0. The van der Waals surface area contributed by atoms with Crippen LogP contribution in [-0.2, 0) is 16.1 Å². The lowest BCUT2D eigenvalue weighted by Gasteiger charge is -2.22. The number of Topliss-reactive ketones (excluding diaryl/α,β-unsaturated/α-hetero) is 1. The first kappa shape index (κ1) is 31.0. The molecule has 3 aromatic rings. The predicted molar refractivity (Wildman–Crippen MR) is 156 cm³/mol. The van der Waals surface area contributed by atoms with E-state index in [4.69, 9.17) is 4.74 Å². The smallest absolute Gasteiger partial charge is 0.341 e. The van der Waals surface area contributed by atoms with Gasteiger partial charge in [-0.15, -0.1) is 21.5 Å². The number of rotatable bonds is 12. The largest absolute Gasteiger partial charge is 0.462 e. The molecule has 3 rings (SSSR count). The number of nitrogens with zero attached hydrogens (tertiary/aromatic N) is 3. The molecule has 0 fully saturated rings. The van der Waals surface area contributed by atoms with Crippen LogP contribution >= 0.6 is 23.1 Å². The quantitative estimate of drug-likeness (QED) is 0.168. The second-order valence-electron chi connectivity index (χ2n) is 9.52. The molecule has 2 amide bonds. The molecule has 2 heterocycles. The number of hydrogen-bond acceptors (Lipinski definition) is 9. The van der Waals surface area contributed by atoms with Crippen LogP contribution in [0.25, 0.3) is 0 Å². The molecule has 2 N–H and O–H groups in total. The molecule has 1 aromatic carbocycles. The number of nitrogens with one attached hydrogen (secondary N) is 2. The molecular formula is C28H35N5O5S2.